The normalized spacial score (nSPS) is 25.4. The first-order chi connectivity index (χ1) is 16.6. The standard InChI is InChI=1S/C28H37N3O3/c32-26(27(12-19-34-20-13-27)21-24-7-3-1-4-8-24)31-14-11-28(33,23-31)22-29-15-17-30(18-16-29)25-9-5-2-6-10-25/h1-10,33H,11-23H2/t28-/m0/s1. The fourth-order valence-corrected chi connectivity index (χ4v) is 5.93. The molecule has 1 N–H and O–H groups in total. The van der Waals surface area contributed by atoms with E-state index in [1.807, 2.05) is 29.2 Å². The lowest BCUT2D eigenvalue weighted by Crippen LogP contribution is -2.54. The van der Waals surface area contributed by atoms with Crippen molar-refractivity contribution < 1.29 is 14.6 Å². The number of hydrogen-bond acceptors (Lipinski definition) is 5. The molecule has 6 nitrogen and oxygen atoms in total. The highest BCUT2D eigenvalue weighted by Crippen LogP contribution is 2.38. The van der Waals surface area contributed by atoms with Crippen molar-refractivity contribution in [3.63, 3.8) is 0 Å². The summed E-state index contributed by atoms with van der Waals surface area (Å²) in [5.41, 5.74) is 1.21. The molecule has 0 aliphatic carbocycles. The Balaban J connectivity index is 1.20. The Hall–Kier alpha value is -2.41. The van der Waals surface area contributed by atoms with E-state index in [1.165, 1.54) is 11.3 Å². The molecule has 0 unspecified atom stereocenters. The van der Waals surface area contributed by atoms with Crippen LogP contribution in [0.5, 0.6) is 0 Å². The number of benzene rings is 2. The van der Waals surface area contributed by atoms with Crippen molar-refractivity contribution >= 4 is 11.6 Å². The molecule has 3 saturated heterocycles. The van der Waals surface area contributed by atoms with Crippen molar-refractivity contribution in [1.82, 2.24) is 9.80 Å². The average molecular weight is 464 g/mol. The zero-order valence-electron chi connectivity index (χ0n) is 20.1. The number of likely N-dealkylation sites (tertiary alicyclic amines) is 1. The maximum atomic E-state index is 13.8. The number of anilines is 1. The van der Waals surface area contributed by atoms with Crippen molar-refractivity contribution in [2.75, 3.05) is 63.9 Å². The van der Waals surface area contributed by atoms with Crippen LogP contribution in [0.4, 0.5) is 5.69 Å². The Bertz CT molecular complexity index is 940. The molecule has 0 bridgehead atoms. The monoisotopic (exact) mass is 463 g/mol. The number of carbonyl (C=O) groups is 1. The zero-order chi connectivity index (χ0) is 23.4. The first-order valence-electron chi connectivity index (χ1n) is 12.7. The molecular formula is C28H37N3O3. The van der Waals surface area contributed by atoms with Gasteiger partial charge in [0.25, 0.3) is 0 Å². The second-order valence-electron chi connectivity index (χ2n) is 10.4. The number of piperazine rings is 1. The Morgan fingerprint density at radius 3 is 2.18 bits per heavy atom. The lowest BCUT2D eigenvalue weighted by molar-refractivity contribution is -0.148. The van der Waals surface area contributed by atoms with Gasteiger partial charge in [0, 0.05) is 58.2 Å². The van der Waals surface area contributed by atoms with Gasteiger partial charge in [0.2, 0.25) is 5.91 Å². The van der Waals surface area contributed by atoms with E-state index in [2.05, 4.69) is 46.2 Å². The molecule has 0 spiro atoms. The Morgan fingerprint density at radius 2 is 1.50 bits per heavy atom. The minimum Gasteiger partial charge on any atom is -0.387 e. The minimum absolute atomic E-state index is 0.199. The van der Waals surface area contributed by atoms with Gasteiger partial charge in [-0.15, -0.1) is 0 Å². The lowest BCUT2D eigenvalue weighted by atomic mass is 9.74. The third-order valence-corrected chi connectivity index (χ3v) is 7.92. The third kappa shape index (κ3) is 5.14. The van der Waals surface area contributed by atoms with Crippen LogP contribution in [-0.4, -0.2) is 85.4 Å². The largest absolute Gasteiger partial charge is 0.387 e. The maximum absolute atomic E-state index is 13.8. The number of carbonyl (C=O) groups excluding carboxylic acids is 1. The smallest absolute Gasteiger partial charge is 0.229 e. The molecule has 0 radical (unpaired) electrons. The fraction of sp³-hybridized carbons (Fsp3) is 0.536. The Labute approximate surface area is 203 Å². The summed E-state index contributed by atoms with van der Waals surface area (Å²) in [6, 6.07) is 20.8. The van der Waals surface area contributed by atoms with Crippen molar-refractivity contribution in [2.45, 2.75) is 31.3 Å². The average Bonchev–Trinajstić information content (AvgIpc) is 3.27. The van der Waals surface area contributed by atoms with E-state index in [0.29, 0.717) is 39.3 Å². The predicted molar refractivity (Wildman–Crippen MR) is 134 cm³/mol. The SMILES string of the molecule is O=C(N1CC[C@](O)(CN2CCN(c3ccccc3)CC2)C1)C1(Cc2ccccc2)CCOCC1. The van der Waals surface area contributed by atoms with Crippen LogP contribution in [0, 0.1) is 5.41 Å². The highest BCUT2D eigenvalue weighted by molar-refractivity contribution is 5.83. The van der Waals surface area contributed by atoms with E-state index >= 15 is 0 Å². The van der Waals surface area contributed by atoms with E-state index in [4.69, 9.17) is 4.74 Å². The molecule has 1 atom stereocenters. The number of β-amino-alcohol motifs (C(OH)–C–C–N with tert-alkyl or cyclic N) is 1. The number of aliphatic hydroxyl groups is 1. The highest BCUT2D eigenvalue weighted by atomic mass is 16.5. The molecular weight excluding hydrogens is 426 g/mol. The van der Waals surface area contributed by atoms with E-state index < -0.39 is 11.0 Å². The molecule has 3 heterocycles. The summed E-state index contributed by atoms with van der Waals surface area (Å²) in [7, 11) is 0. The fourth-order valence-electron chi connectivity index (χ4n) is 5.93. The lowest BCUT2D eigenvalue weighted by Gasteiger charge is -2.40. The highest BCUT2D eigenvalue weighted by Gasteiger charge is 2.47. The first kappa shape index (κ1) is 23.3. The maximum Gasteiger partial charge on any atom is 0.229 e. The molecule has 34 heavy (non-hydrogen) atoms. The van der Waals surface area contributed by atoms with E-state index in [-0.39, 0.29) is 5.91 Å². The number of ether oxygens (including phenoxy) is 1. The van der Waals surface area contributed by atoms with Crippen LogP contribution in [0.1, 0.15) is 24.8 Å². The quantitative estimate of drug-likeness (QED) is 0.714. The van der Waals surface area contributed by atoms with Crippen LogP contribution in [0.15, 0.2) is 60.7 Å². The second kappa shape index (κ2) is 10.1. The van der Waals surface area contributed by atoms with Crippen molar-refractivity contribution in [1.29, 1.82) is 0 Å². The molecule has 5 rings (SSSR count). The molecule has 3 fully saturated rings. The van der Waals surface area contributed by atoms with Crippen LogP contribution < -0.4 is 4.90 Å². The van der Waals surface area contributed by atoms with Crippen molar-refractivity contribution in [3.05, 3.63) is 66.2 Å². The van der Waals surface area contributed by atoms with Gasteiger partial charge in [-0.05, 0) is 43.4 Å². The first-order valence-corrected chi connectivity index (χ1v) is 12.7. The number of para-hydroxylation sites is 1. The molecule has 0 aromatic heterocycles. The van der Waals surface area contributed by atoms with Gasteiger partial charge in [-0.3, -0.25) is 9.69 Å². The van der Waals surface area contributed by atoms with Crippen LogP contribution in [0.3, 0.4) is 0 Å². The van der Waals surface area contributed by atoms with Gasteiger partial charge in [0.1, 0.15) is 0 Å². The van der Waals surface area contributed by atoms with E-state index in [1.54, 1.807) is 0 Å². The number of amides is 1. The summed E-state index contributed by atoms with van der Waals surface area (Å²) in [5, 5.41) is 11.4. The molecule has 3 aliphatic rings. The van der Waals surface area contributed by atoms with Crippen molar-refractivity contribution in [2.24, 2.45) is 5.41 Å². The van der Waals surface area contributed by atoms with Crippen LogP contribution in [0.2, 0.25) is 0 Å². The topological polar surface area (TPSA) is 56.3 Å². The number of rotatable bonds is 6. The summed E-state index contributed by atoms with van der Waals surface area (Å²) < 4.78 is 5.63. The third-order valence-electron chi connectivity index (χ3n) is 7.92. The number of nitrogens with zero attached hydrogens (tertiary/aromatic N) is 3. The Morgan fingerprint density at radius 1 is 0.853 bits per heavy atom. The summed E-state index contributed by atoms with van der Waals surface area (Å²) in [4.78, 5) is 20.6. The summed E-state index contributed by atoms with van der Waals surface area (Å²) in [6.45, 7) is 6.74. The molecule has 3 aliphatic heterocycles. The molecule has 1 amide bonds. The van der Waals surface area contributed by atoms with Gasteiger partial charge < -0.3 is 19.6 Å². The van der Waals surface area contributed by atoms with Gasteiger partial charge in [-0.1, -0.05) is 48.5 Å². The molecule has 2 aromatic carbocycles. The van der Waals surface area contributed by atoms with Gasteiger partial charge in [-0.2, -0.15) is 0 Å². The van der Waals surface area contributed by atoms with Gasteiger partial charge in [0.15, 0.2) is 0 Å². The molecule has 6 heteroatoms. The van der Waals surface area contributed by atoms with Crippen molar-refractivity contribution in [3.8, 4) is 0 Å². The summed E-state index contributed by atoms with van der Waals surface area (Å²) in [6.07, 6.45) is 2.89. The Kier molecular flexibility index (Phi) is 6.91. The summed E-state index contributed by atoms with van der Waals surface area (Å²) in [5.74, 6) is 0.199. The van der Waals surface area contributed by atoms with E-state index in [0.717, 1.165) is 45.4 Å². The molecule has 182 valence electrons. The predicted octanol–water partition coefficient (Wildman–Crippen LogP) is 2.81. The molecule has 2 aromatic rings. The van der Waals surface area contributed by atoms with Crippen LogP contribution in [-0.2, 0) is 16.0 Å². The summed E-state index contributed by atoms with van der Waals surface area (Å²) >= 11 is 0. The number of hydrogen-bond donors (Lipinski definition) is 1. The molecule has 0 saturated carbocycles. The van der Waals surface area contributed by atoms with Gasteiger partial charge in [0.05, 0.1) is 17.6 Å². The van der Waals surface area contributed by atoms with Gasteiger partial charge >= 0.3 is 0 Å². The van der Waals surface area contributed by atoms with Crippen LogP contribution >= 0.6 is 0 Å². The van der Waals surface area contributed by atoms with Crippen LogP contribution in [0.25, 0.3) is 0 Å². The second-order valence-corrected chi connectivity index (χ2v) is 10.4. The zero-order valence-corrected chi connectivity index (χ0v) is 20.1. The van der Waals surface area contributed by atoms with Gasteiger partial charge in [-0.25, -0.2) is 0 Å². The minimum atomic E-state index is -0.830. The van der Waals surface area contributed by atoms with E-state index in [9.17, 15) is 9.90 Å².